The Hall–Kier alpha value is -0.520. The summed E-state index contributed by atoms with van der Waals surface area (Å²) in [4.78, 5) is 4.15. The molecule has 0 amide bonds. The molecule has 1 heterocycles. The van der Waals surface area contributed by atoms with Crippen LogP contribution in [0.2, 0.25) is 0 Å². The quantitative estimate of drug-likeness (QED) is 0.798. The highest BCUT2D eigenvalue weighted by Gasteiger charge is 2.05. The highest BCUT2D eigenvalue weighted by molar-refractivity contribution is 9.10. The van der Waals surface area contributed by atoms with E-state index >= 15 is 0 Å². The van der Waals surface area contributed by atoms with Gasteiger partial charge in [-0.2, -0.15) is 0 Å². The summed E-state index contributed by atoms with van der Waals surface area (Å²) in [6.45, 7) is 0. The minimum Gasteiger partial charge on any atom is -0.259 e. The first kappa shape index (κ1) is 13.9. The second kappa shape index (κ2) is 7.16. The molecule has 96 valence electrons. The Balaban J connectivity index is 1.75. The van der Waals surface area contributed by atoms with Crippen LogP contribution in [0.15, 0.2) is 40.3 Å². The summed E-state index contributed by atoms with van der Waals surface area (Å²) in [5.74, 6) is 1.33. The Kier molecular flexibility index (Phi) is 5.53. The van der Waals surface area contributed by atoms with Gasteiger partial charge in [0.15, 0.2) is 0 Å². The molecule has 0 aliphatic carbocycles. The molecule has 2 rings (SSSR count). The van der Waals surface area contributed by atoms with Gasteiger partial charge in [0.05, 0.1) is 5.75 Å². The van der Waals surface area contributed by atoms with Crippen LogP contribution in [0, 0.1) is 0 Å². The average molecular weight is 344 g/mol. The molecule has 0 bridgehead atoms. The molecule has 0 aliphatic heterocycles. The van der Waals surface area contributed by atoms with Gasteiger partial charge in [0.2, 0.25) is 0 Å². The number of thiazole rings is 1. The van der Waals surface area contributed by atoms with Crippen molar-refractivity contribution in [1.82, 2.24) is 4.98 Å². The number of hydrogen-bond donors (Lipinski definition) is 0. The Bertz CT molecular complexity index is 513. The number of rotatable bonds is 6. The predicted octanol–water partition coefficient (Wildman–Crippen LogP) is 3.79. The molecule has 5 heteroatoms. The number of benzene rings is 1. The lowest BCUT2D eigenvalue weighted by Gasteiger charge is -2.04. The van der Waals surface area contributed by atoms with Gasteiger partial charge < -0.3 is 0 Å². The molecular weight excluding hydrogens is 330 g/mol. The fraction of sp³-hybridized carbons (Fsp3) is 0.308. The average Bonchev–Trinajstić information content (AvgIpc) is 2.84. The molecule has 2 nitrogen and oxygen atoms in total. The number of nitrogens with zero attached hydrogens (tertiary/aromatic N) is 1. The van der Waals surface area contributed by atoms with Gasteiger partial charge >= 0.3 is 0 Å². The van der Waals surface area contributed by atoms with Crippen LogP contribution in [-0.2, 0) is 23.0 Å². The predicted molar refractivity (Wildman–Crippen MR) is 81.3 cm³/mol. The van der Waals surface area contributed by atoms with Crippen molar-refractivity contribution in [2.45, 2.75) is 18.6 Å². The van der Waals surface area contributed by atoms with Crippen molar-refractivity contribution in [3.05, 3.63) is 50.9 Å². The topological polar surface area (TPSA) is 30.0 Å². The summed E-state index contributed by atoms with van der Waals surface area (Å²) >= 11 is 5.10. The van der Waals surface area contributed by atoms with E-state index in [4.69, 9.17) is 0 Å². The summed E-state index contributed by atoms with van der Waals surface area (Å²) < 4.78 is 13.0. The molecule has 1 unspecified atom stereocenters. The van der Waals surface area contributed by atoms with Crippen molar-refractivity contribution in [2.24, 2.45) is 0 Å². The zero-order valence-electron chi connectivity index (χ0n) is 9.84. The van der Waals surface area contributed by atoms with Crippen LogP contribution in [0.5, 0.6) is 0 Å². The molecule has 1 aromatic heterocycles. The van der Waals surface area contributed by atoms with Crippen molar-refractivity contribution in [1.29, 1.82) is 0 Å². The van der Waals surface area contributed by atoms with E-state index in [1.54, 1.807) is 17.5 Å². The first-order chi connectivity index (χ1) is 8.75. The van der Waals surface area contributed by atoms with Crippen LogP contribution >= 0.6 is 27.3 Å². The molecule has 18 heavy (non-hydrogen) atoms. The first-order valence-corrected chi connectivity index (χ1v) is 8.88. The van der Waals surface area contributed by atoms with Crippen molar-refractivity contribution in [2.75, 3.05) is 5.75 Å². The summed E-state index contributed by atoms with van der Waals surface area (Å²) in [6, 6.07) is 8.19. The van der Waals surface area contributed by atoms with E-state index in [1.807, 2.05) is 23.6 Å². The van der Waals surface area contributed by atoms with Crippen LogP contribution in [0.1, 0.15) is 17.0 Å². The van der Waals surface area contributed by atoms with Gasteiger partial charge in [-0.1, -0.05) is 34.1 Å². The normalized spacial score (nSPS) is 12.5. The van der Waals surface area contributed by atoms with E-state index in [-0.39, 0.29) is 0 Å². The Morgan fingerprint density at radius 1 is 1.33 bits per heavy atom. The minimum atomic E-state index is -0.797. The second-order valence-electron chi connectivity index (χ2n) is 3.91. The van der Waals surface area contributed by atoms with E-state index in [0.29, 0.717) is 5.75 Å². The summed E-state index contributed by atoms with van der Waals surface area (Å²) in [5, 5.41) is 2.89. The van der Waals surface area contributed by atoms with E-state index in [2.05, 4.69) is 27.0 Å². The van der Waals surface area contributed by atoms with E-state index in [0.717, 1.165) is 28.1 Å². The molecule has 0 aliphatic rings. The van der Waals surface area contributed by atoms with Crippen LogP contribution < -0.4 is 0 Å². The lowest BCUT2D eigenvalue weighted by molar-refractivity contribution is 0.679. The number of aryl methyl sites for hydroxylation is 1. The van der Waals surface area contributed by atoms with Crippen LogP contribution in [-0.4, -0.2) is 14.9 Å². The standard InChI is InChI=1S/C13H14BrNOS2/c14-12-6-2-1-4-11(12)5-3-9-18(16)10-13-15-7-8-17-13/h1-2,4,6-8H,3,5,9-10H2. The van der Waals surface area contributed by atoms with Crippen LogP contribution in [0.3, 0.4) is 0 Å². The molecule has 1 aromatic carbocycles. The van der Waals surface area contributed by atoms with Crippen molar-refractivity contribution in [3.63, 3.8) is 0 Å². The number of aromatic nitrogens is 1. The third kappa shape index (κ3) is 4.30. The van der Waals surface area contributed by atoms with Gasteiger partial charge in [0.25, 0.3) is 0 Å². The molecule has 0 saturated heterocycles. The molecule has 0 fully saturated rings. The Labute approximate surface area is 122 Å². The van der Waals surface area contributed by atoms with E-state index in [1.165, 1.54) is 5.56 Å². The zero-order chi connectivity index (χ0) is 12.8. The van der Waals surface area contributed by atoms with Crippen molar-refractivity contribution in [3.8, 4) is 0 Å². The van der Waals surface area contributed by atoms with Gasteiger partial charge in [-0.3, -0.25) is 4.21 Å². The van der Waals surface area contributed by atoms with Gasteiger partial charge in [0, 0.05) is 32.6 Å². The fourth-order valence-electron chi connectivity index (χ4n) is 1.66. The lowest BCUT2D eigenvalue weighted by atomic mass is 10.1. The van der Waals surface area contributed by atoms with Gasteiger partial charge in [0.1, 0.15) is 5.01 Å². The first-order valence-electron chi connectivity index (χ1n) is 5.72. The molecule has 0 saturated carbocycles. The Morgan fingerprint density at radius 2 is 2.17 bits per heavy atom. The molecule has 0 spiro atoms. The zero-order valence-corrected chi connectivity index (χ0v) is 13.1. The minimum absolute atomic E-state index is 0.591. The van der Waals surface area contributed by atoms with Crippen LogP contribution in [0.25, 0.3) is 0 Å². The molecule has 2 aromatic rings. The van der Waals surface area contributed by atoms with E-state index < -0.39 is 10.8 Å². The molecule has 0 N–H and O–H groups in total. The second-order valence-corrected chi connectivity index (χ2v) is 7.32. The molecule has 0 radical (unpaired) electrons. The fourth-order valence-corrected chi connectivity index (χ4v) is 4.17. The van der Waals surface area contributed by atoms with Crippen LogP contribution in [0.4, 0.5) is 0 Å². The smallest absolute Gasteiger partial charge is 0.105 e. The maximum Gasteiger partial charge on any atom is 0.105 e. The number of halogens is 1. The summed E-state index contributed by atoms with van der Waals surface area (Å²) in [7, 11) is -0.797. The summed E-state index contributed by atoms with van der Waals surface area (Å²) in [5.41, 5.74) is 1.28. The third-order valence-electron chi connectivity index (χ3n) is 2.54. The molecule has 1 atom stereocenters. The number of hydrogen-bond acceptors (Lipinski definition) is 3. The largest absolute Gasteiger partial charge is 0.259 e. The highest BCUT2D eigenvalue weighted by Crippen LogP contribution is 2.17. The van der Waals surface area contributed by atoms with Gasteiger partial charge in [-0.15, -0.1) is 11.3 Å². The van der Waals surface area contributed by atoms with Gasteiger partial charge in [-0.25, -0.2) is 4.98 Å². The SMILES string of the molecule is O=S(CCCc1ccccc1Br)Cc1nccs1. The third-order valence-corrected chi connectivity index (χ3v) is 5.62. The highest BCUT2D eigenvalue weighted by atomic mass is 79.9. The maximum atomic E-state index is 11.9. The van der Waals surface area contributed by atoms with Crippen molar-refractivity contribution >= 4 is 38.1 Å². The van der Waals surface area contributed by atoms with E-state index in [9.17, 15) is 4.21 Å². The maximum absolute atomic E-state index is 11.9. The molecular formula is C13H14BrNOS2. The van der Waals surface area contributed by atoms with Crippen molar-refractivity contribution < 1.29 is 4.21 Å². The van der Waals surface area contributed by atoms with Gasteiger partial charge in [-0.05, 0) is 24.5 Å². The monoisotopic (exact) mass is 343 g/mol. The lowest BCUT2D eigenvalue weighted by Crippen LogP contribution is -2.02. The Morgan fingerprint density at radius 3 is 2.89 bits per heavy atom. The summed E-state index contributed by atoms with van der Waals surface area (Å²) in [6.07, 6.45) is 3.67.